The lowest BCUT2D eigenvalue weighted by atomic mass is 10.2. The summed E-state index contributed by atoms with van der Waals surface area (Å²) in [4.78, 5) is 28.4. The maximum atomic E-state index is 12.7. The molecule has 2 heterocycles. The normalized spacial score (nSPS) is 11.4. The molecule has 2 amide bonds. The molecule has 3 aromatic rings. The van der Waals surface area contributed by atoms with Gasteiger partial charge in [-0.3, -0.25) is 14.0 Å². The summed E-state index contributed by atoms with van der Waals surface area (Å²) in [7, 11) is -2.22. The Bertz CT molecular complexity index is 1150. The lowest BCUT2D eigenvalue weighted by molar-refractivity contribution is -0.119. The topological polar surface area (TPSA) is 119 Å². The molecule has 10 heteroatoms. The van der Waals surface area contributed by atoms with Crippen molar-refractivity contribution < 1.29 is 22.7 Å². The quantitative estimate of drug-likeness (QED) is 0.646. The summed E-state index contributed by atoms with van der Waals surface area (Å²) in [6.07, 6.45) is 2.56. The number of anilines is 2. The first kappa shape index (κ1) is 19.5. The Kier molecular flexibility index (Phi) is 5.43. The summed E-state index contributed by atoms with van der Waals surface area (Å²) in [6.45, 7) is -0.0918. The second-order valence-corrected chi connectivity index (χ2v) is 7.90. The van der Waals surface area contributed by atoms with Crippen LogP contribution < -0.4 is 10.6 Å². The highest BCUT2D eigenvalue weighted by atomic mass is 32.2. The van der Waals surface area contributed by atoms with Gasteiger partial charge in [0, 0.05) is 30.9 Å². The zero-order valence-electron chi connectivity index (χ0n) is 15.2. The number of amides is 2. The minimum absolute atomic E-state index is 0.0187. The molecule has 1 aromatic carbocycles. The van der Waals surface area contributed by atoms with Crippen LogP contribution in [0.5, 0.6) is 0 Å². The van der Waals surface area contributed by atoms with E-state index in [9.17, 15) is 18.0 Å². The Morgan fingerprint density at radius 2 is 1.82 bits per heavy atom. The SMILES string of the molecule is COCC(=O)Nc1cccc(NC(=O)c2nc(S(C)(=O)=O)n3ccccc23)c1. The number of imidazole rings is 1. The number of sulfone groups is 1. The molecule has 0 saturated heterocycles. The van der Waals surface area contributed by atoms with Crippen molar-refractivity contribution in [2.24, 2.45) is 0 Å². The van der Waals surface area contributed by atoms with Gasteiger partial charge in [-0.1, -0.05) is 12.1 Å². The smallest absolute Gasteiger partial charge is 0.276 e. The van der Waals surface area contributed by atoms with E-state index in [2.05, 4.69) is 15.6 Å². The molecule has 0 unspecified atom stereocenters. The van der Waals surface area contributed by atoms with Crippen LogP contribution in [0.15, 0.2) is 53.8 Å². The van der Waals surface area contributed by atoms with Crippen LogP contribution in [0.1, 0.15) is 10.5 Å². The minimum Gasteiger partial charge on any atom is -0.375 e. The lowest BCUT2D eigenvalue weighted by Crippen LogP contribution is -2.17. The number of ether oxygens (including phenoxy) is 1. The zero-order valence-corrected chi connectivity index (χ0v) is 16.0. The molecule has 2 aromatic heterocycles. The Labute approximate surface area is 161 Å². The van der Waals surface area contributed by atoms with E-state index >= 15 is 0 Å². The van der Waals surface area contributed by atoms with Gasteiger partial charge in [0.15, 0.2) is 5.69 Å². The summed E-state index contributed by atoms with van der Waals surface area (Å²) in [6, 6.07) is 11.5. The lowest BCUT2D eigenvalue weighted by Gasteiger charge is -2.08. The van der Waals surface area contributed by atoms with Gasteiger partial charge in [0.05, 0.1) is 5.52 Å². The first-order chi connectivity index (χ1) is 13.3. The highest BCUT2D eigenvalue weighted by Crippen LogP contribution is 2.20. The van der Waals surface area contributed by atoms with Crippen molar-refractivity contribution in [1.82, 2.24) is 9.38 Å². The summed E-state index contributed by atoms with van der Waals surface area (Å²) in [5.74, 6) is -0.900. The van der Waals surface area contributed by atoms with Crippen LogP contribution in [0.25, 0.3) is 5.52 Å². The third kappa shape index (κ3) is 4.18. The van der Waals surface area contributed by atoms with Crippen molar-refractivity contribution in [1.29, 1.82) is 0 Å². The van der Waals surface area contributed by atoms with Crippen LogP contribution in [0, 0.1) is 0 Å². The third-order valence-electron chi connectivity index (χ3n) is 3.74. The molecular weight excluding hydrogens is 384 g/mol. The van der Waals surface area contributed by atoms with Crippen LogP contribution in [-0.2, 0) is 19.4 Å². The van der Waals surface area contributed by atoms with Crippen LogP contribution in [0.3, 0.4) is 0 Å². The number of nitrogens with zero attached hydrogens (tertiary/aromatic N) is 2. The molecule has 3 rings (SSSR count). The van der Waals surface area contributed by atoms with Gasteiger partial charge >= 0.3 is 0 Å². The van der Waals surface area contributed by atoms with E-state index in [-0.39, 0.29) is 23.4 Å². The Morgan fingerprint density at radius 1 is 1.11 bits per heavy atom. The molecular formula is C18H18N4O5S. The molecule has 0 bridgehead atoms. The third-order valence-corrected chi connectivity index (χ3v) is 4.69. The fourth-order valence-corrected chi connectivity index (χ4v) is 3.41. The second-order valence-electron chi connectivity index (χ2n) is 5.99. The average Bonchev–Trinajstić information content (AvgIpc) is 3.02. The Balaban J connectivity index is 1.89. The van der Waals surface area contributed by atoms with Crippen molar-refractivity contribution in [2.75, 3.05) is 30.6 Å². The fraction of sp³-hybridized carbons (Fsp3) is 0.167. The number of methoxy groups -OCH3 is 1. The monoisotopic (exact) mass is 402 g/mol. The van der Waals surface area contributed by atoms with E-state index in [4.69, 9.17) is 4.74 Å². The van der Waals surface area contributed by atoms with E-state index in [1.54, 1.807) is 42.5 Å². The minimum atomic E-state index is -3.63. The van der Waals surface area contributed by atoms with Gasteiger partial charge in [-0.05, 0) is 30.3 Å². The number of nitrogens with one attached hydrogen (secondary N) is 2. The predicted molar refractivity (Wildman–Crippen MR) is 103 cm³/mol. The largest absolute Gasteiger partial charge is 0.375 e. The number of hydrogen-bond acceptors (Lipinski definition) is 6. The number of carbonyl (C=O) groups is 2. The van der Waals surface area contributed by atoms with Crippen molar-refractivity contribution in [3.63, 3.8) is 0 Å². The molecule has 0 aliphatic rings. The molecule has 0 aliphatic heterocycles. The molecule has 146 valence electrons. The van der Waals surface area contributed by atoms with Crippen molar-refractivity contribution in [2.45, 2.75) is 5.16 Å². The highest BCUT2D eigenvalue weighted by Gasteiger charge is 2.22. The summed E-state index contributed by atoms with van der Waals surface area (Å²) in [5.41, 5.74) is 1.24. The average molecular weight is 402 g/mol. The van der Waals surface area contributed by atoms with Gasteiger partial charge in [0.2, 0.25) is 20.9 Å². The van der Waals surface area contributed by atoms with Crippen molar-refractivity contribution >= 4 is 38.5 Å². The van der Waals surface area contributed by atoms with Gasteiger partial charge in [-0.25, -0.2) is 13.4 Å². The van der Waals surface area contributed by atoms with Gasteiger partial charge in [-0.2, -0.15) is 0 Å². The van der Waals surface area contributed by atoms with Gasteiger partial charge in [0.25, 0.3) is 5.91 Å². The maximum Gasteiger partial charge on any atom is 0.276 e. The number of rotatable bonds is 6. The molecule has 0 saturated carbocycles. The van der Waals surface area contributed by atoms with Crippen LogP contribution >= 0.6 is 0 Å². The molecule has 0 spiro atoms. The van der Waals surface area contributed by atoms with Crippen LogP contribution in [-0.4, -0.2) is 49.6 Å². The molecule has 28 heavy (non-hydrogen) atoms. The number of fused-ring (bicyclic) bond motifs is 1. The van der Waals surface area contributed by atoms with Crippen LogP contribution in [0.4, 0.5) is 11.4 Å². The van der Waals surface area contributed by atoms with E-state index in [0.29, 0.717) is 16.9 Å². The van der Waals surface area contributed by atoms with E-state index in [0.717, 1.165) is 6.26 Å². The van der Waals surface area contributed by atoms with Crippen molar-refractivity contribution in [3.8, 4) is 0 Å². The maximum absolute atomic E-state index is 12.7. The first-order valence-electron chi connectivity index (χ1n) is 8.17. The summed E-state index contributed by atoms with van der Waals surface area (Å²) < 4.78 is 30.1. The Morgan fingerprint density at radius 3 is 2.50 bits per heavy atom. The fourth-order valence-electron chi connectivity index (χ4n) is 2.63. The van der Waals surface area contributed by atoms with E-state index < -0.39 is 15.7 Å². The number of hydrogen-bond donors (Lipinski definition) is 2. The second kappa shape index (κ2) is 7.79. The van der Waals surface area contributed by atoms with Crippen LogP contribution in [0.2, 0.25) is 0 Å². The molecule has 2 N–H and O–H groups in total. The Hall–Kier alpha value is -3.24. The standard InChI is InChI=1S/C18H18N4O5S/c1-27-11-15(23)19-12-6-5-7-13(10-12)20-17(24)16-14-8-3-4-9-22(14)18(21-16)28(2,25)26/h3-10H,11H2,1-2H3,(H,19,23)(H,20,24). The van der Waals surface area contributed by atoms with Gasteiger partial charge in [0.1, 0.15) is 6.61 Å². The molecule has 9 nitrogen and oxygen atoms in total. The van der Waals surface area contributed by atoms with Gasteiger partial charge < -0.3 is 15.4 Å². The van der Waals surface area contributed by atoms with Gasteiger partial charge in [-0.15, -0.1) is 0 Å². The molecule has 0 radical (unpaired) electrons. The molecule has 0 atom stereocenters. The van der Waals surface area contributed by atoms with E-state index in [1.807, 2.05) is 0 Å². The summed E-state index contributed by atoms with van der Waals surface area (Å²) in [5, 5.41) is 5.09. The number of aromatic nitrogens is 2. The first-order valence-corrected chi connectivity index (χ1v) is 10.1. The molecule has 0 aliphatic carbocycles. The zero-order chi connectivity index (χ0) is 20.3. The highest BCUT2D eigenvalue weighted by molar-refractivity contribution is 7.90. The predicted octanol–water partition coefficient (Wildman–Crippen LogP) is 1.57. The van der Waals surface area contributed by atoms with Crippen molar-refractivity contribution in [3.05, 3.63) is 54.4 Å². The molecule has 0 fully saturated rings. The number of benzene rings is 1. The number of carbonyl (C=O) groups excluding carboxylic acids is 2. The number of pyridine rings is 1. The summed E-state index contributed by atoms with van der Waals surface area (Å²) >= 11 is 0. The van der Waals surface area contributed by atoms with E-state index in [1.165, 1.54) is 17.7 Å².